The molecule has 1 heterocycles. The summed E-state index contributed by atoms with van der Waals surface area (Å²) >= 11 is 0. The topological polar surface area (TPSA) is 61.4 Å². The highest BCUT2D eigenvalue weighted by Crippen LogP contribution is 2.23. The summed E-state index contributed by atoms with van der Waals surface area (Å²) < 4.78 is 0. The van der Waals surface area contributed by atoms with Crippen molar-refractivity contribution < 1.29 is 9.59 Å². The van der Waals surface area contributed by atoms with Crippen LogP contribution in [0.25, 0.3) is 0 Å². The van der Waals surface area contributed by atoms with Crippen LogP contribution in [0.15, 0.2) is 84.9 Å². The molecule has 2 N–H and O–H groups in total. The predicted molar refractivity (Wildman–Crippen MR) is 132 cm³/mol. The van der Waals surface area contributed by atoms with E-state index in [-0.39, 0.29) is 23.9 Å². The lowest BCUT2D eigenvalue weighted by atomic mass is 9.93. The molecule has 0 spiro atoms. The molecule has 0 aliphatic carbocycles. The first-order valence-corrected chi connectivity index (χ1v) is 11.6. The number of carbonyl (C=O) groups excluding carboxylic acids is 2. The van der Waals surface area contributed by atoms with E-state index < -0.39 is 0 Å². The molecule has 3 amide bonds. The quantitative estimate of drug-likeness (QED) is 0.542. The summed E-state index contributed by atoms with van der Waals surface area (Å²) in [6.45, 7) is 3.15. The van der Waals surface area contributed by atoms with Crippen molar-refractivity contribution in [2.45, 2.75) is 32.2 Å². The molecule has 0 saturated carbocycles. The minimum atomic E-state index is -0.106. The summed E-state index contributed by atoms with van der Waals surface area (Å²) in [6, 6.07) is 27.9. The van der Waals surface area contributed by atoms with Gasteiger partial charge in [-0.3, -0.25) is 4.79 Å². The van der Waals surface area contributed by atoms with Gasteiger partial charge in [-0.1, -0.05) is 72.8 Å². The maximum atomic E-state index is 13.1. The summed E-state index contributed by atoms with van der Waals surface area (Å²) in [5, 5.41) is 6.25. The zero-order valence-corrected chi connectivity index (χ0v) is 19.0. The Balaban J connectivity index is 1.34. The highest BCUT2D eigenvalue weighted by atomic mass is 16.2. The van der Waals surface area contributed by atoms with Gasteiger partial charge in [0.25, 0.3) is 0 Å². The molecular formula is C28H31N3O2. The largest absolute Gasteiger partial charge is 0.349 e. The summed E-state index contributed by atoms with van der Waals surface area (Å²) in [7, 11) is 0. The fourth-order valence-electron chi connectivity index (χ4n) is 4.35. The molecule has 1 saturated heterocycles. The zero-order valence-electron chi connectivity index (χ0n) is 19.0. The molecule has 1 aliphatic heterocycles. The fraction of sp³-hybridized carbons (Fsp3) is 0.286. The van der Waals surface area contributed by atoms with Crippen LogP contribution in [0.4, 0.5) is 10.5 Å². The number of aryl methyl sites for hydroxylation is 1. The first-order chi connectivity index (χ1) is 16.1. The van der Waals surface area contributed by atoms with Crippen molar-refractivity contribution in [3.63, 3.8) is 0 Å². The van der Waals surface area contributed by atoms with Crippen molar-refractivity contribution in [2.24, 2.45) is 5.92 Å². The lowest BCUT2D eigenvalue weighted by Crippen LogP contribution is -2.45. The molecule has 3 aromatic rings. The Labute approximate surface area is 195 Å². The Kier molecular flexibility index (Phi) is 7.40. The maximum Gasteiger partial charge on any atom is 0.321 e. The van der Waals surface area contributed by atoms with E-state index in [1.165, 1.54) is 5.56 Å². The first kappa shape index (κ1) is 22.6. The molecule has 0 aromatic heterocycles. The zero-order chi connectivity index (χ0) is 23.0. The monoisotopic (exact) mass is 441 g/mol. The van der Waals surface area contributed by atoms with E-state index in [0.717, 1.165) is 23.2 Å². The van der Waals surface area contributed by atoms with Gasteiger partial charge in [0.05, 0.1) is 6.04 Å². The van der Waals surface area contributed by atoms with Gasteiger partial charge in [-0.2, -0.15) is 0 Å². The molecule has 1 aliphatic rings. The van der Waals surface area contributed by atoms with Crippen LogP contribution in [0.3, 0.4) is 0 Å². The molecule has 1 unspecified atom stereocenters. The normalized spacial score (nSPS) is 15.0. The fourth-order valence-corrected chi connectivity index (χ4v) is 4.35. The second-order valence-electron chi connectivity index (χ2n) is 8.72. The van der Waals surface area contributed by atoms with Crippen LogP contribution in [0.1, 0.15) is 35.6 Å². The molecule has 5 heteroatoms. The summed E-state index contributed by atoms with van der Waals surface area (Å²) in [5.74, 6) is -0.0199. The van der Waals surface area contributed by atoms with Gasteiger partial charge in [0, 0.05) is 24.7 Å². The molecular weight excluding hydrogens is 410 g/mol. The van der Waals surface area contributed by atoms with E-state index >= 15 is 0 Å². The molecule has 3 aromatic carbocycles. The first-order valence-electron chi connectivity index (χ1n) is 11.6. The molecule has 33 heavy (non-hydrogen) atoms. The molecule has 1 atom stereocenters. The van der Waals surface area contributed by atoms with Gasteiger partial charge in [0.1, 0.15) is 0 Å². The molecule has 4 rings (SSSR count). The number of anilines is 1. The summed E-state index contributed by atoms with van der Waals surface area (Å²) in [5.41, 5.74) is 4.19. The van der Waals surface area contributed by atoms with Gasteiger partial charge < -0.3 is 15.5 Å². The van der Waals surface area contributed by atoms with Crippen molar-refractivity contribution >= 4 is 17.6 Å². The van der Waals surface area contributed by atoms with Crippen LogP contribution < -0.4 is 10.6 Å². The number of urea groups is 1. The second kappa shape index (κ2) is 10.8. The number of nitrogens with zero attached hydrogens (tertiary/aromatic N) is 1. The lowest BCUT2D eigenvalue weighted by molar-refractivity contribution is -0.127. The number of hydrogen-bond acceptors (Lipinski definition) is 2. The predicted octanol–water partition coefficient (Wildman–Crippen LogP) is 5.34. The Hall–Kier alpha value is -3.60. The average molecular weight is 442 g/mol. The SMILES string of the molecule is Cc1cccc(NC(=O)N2CCC(C(=O)NC(Cc3ccccc3)c3ccccc3)CC2)c1. The smallest absolute Gasteiger partial charge is 0.321 e. The Bertz CT molecular complexity index is 1060. The minimum absolute atomic E-state index is 0.0681. The highest BCUT2D eigenvalue weighted by molar-refractivity contribution is 5.89. The van der Waals surface area contributed by atoms with E-state index in [1.54, 1.807) is 4.90 Å². The summed E-state index contributed by atoms with van der Waals surface area (Å²) in [4.78, 5) is 27.6. The van der Waals surface area contributed by atoms with E-state index in [0.29, 0.717) is 25.9 Å². The Morgan fingerprint density at radius 1 is 0.909 bits per heavy atom. The Morgan fingerprint density at radius 3 is 2.24 bits per heavy atom. The van der Waals surface area contributed by atoms with Crippen molar-refractivity contribution in [1.29, 1.82) is 0 Å². The number of piperidine rings is 1. The van der Waals surface area contributed by atoms with E-state index in [2.05, 4.69) is 34.9 Å². The summed E-state index contributed by atoms with van der Waals surface area (Å²) in [6.07, 6.45) is 2.08. The second-order valence-corrected chi connectivity index (χ2v) is 8.72. The average Bonchev–Trinajstić information content (AvgIpc) is 2.85. The maximum absolute atomic E-state index is 13.1. The van der Waals surface area contributed by atoms with Crippen molar-refractivity contribution in [3.05, 3.63) is 102 Å². The molecule has 0 radical (unpaired) electrons. The minimum Gasteiger partial charge on any atom is -0.349 e. The van der Waals surface area contributed by atoms with Gasteiger partial charge in [-0.15, -0.1) is 0 Å². The third-order valence-corrected chi connectivity index (χ3v) is 6.22. The lowest BCUT2D eigenvalue weighted by Gasteiger charge is -2.32. The van der Waals surface area contributed by atoms with Crippen LogP contribution in [0, 0.1) is 12.8 Å². The van der Waals surface area contributed by atoms with Gasteiger partial charge >= 0.3 is 6.03 Å². The molecule has 0 bridgehead atoms. The number of amides is 3. The molecule has 1 fully saturated rings. The van der Waals surface area contributed by atoms with Crippen molar-refractivity contribution in [1.82, 2.24) is 10.2 Å². The van der Waals surface area contributed by atoms with Crippen LogP contribution in [0.5, 0.6) is 0 Å². The Morgan fingerprint density at radius 2 is 1.58 bits per heavy atom. The number of carbonyl (C=O) groups is 2. The van der Waals surface area contributed by atoms with E-state index in [4.69, 9.17) is 0 Å². The van der Waals surface area contributed by atoms with Crippen LogP contribution in [-0.2, 0) is 11.2 Å². The van der Waals surface area contributed by atoms with Crippen LogP contribution >= 0.6 is 0 Å². The third-order valence-electron chi connectivity index (χ3n) is 6.22. The van der Waals surface area contributed by atoms with E-state index in [9.17, 15) is 9.59 Å². The highest BCUT2D eigenvalue weighted by Gasteiger charge is 2.29. The van der Waals surface area contributed by atoms with Gasteiger partial charge in [-0.05, 0) is 55.0 Å². The third kappa shape index (κ3) is 6.22. The number of hydrogen-bond donors (Lipinski definition) is 2. The van der Waals surface area contributed by atoms with Gasteiger partial charge in [0.15, 0.2) is 0 Å². The van der Waals surface area contributed by atoms with E-state index in [1.807, 2.05) is 67.6 Å². The van der Waals surface area contributed by atoms with Crippen molar-refractivity contribution in [2.75, 3.05) is 18.4 Å². The number of nitrogens with one attached hydrogen (secondary N) is 2. The van der Waals surface area contributed by atoms with Gasteiger partial charge in [0.2, 0.25) is 5.91 Å². The molecule has 5 nitrogen and oxygen atoms in total. The molecule has 170 valence electrons. The standard InChI is InChI=1S/C28H31N3O2/c1-21-9-8-14-25(19-21)29-28(33)31-17-15-24(16-18-31)27(32)30-26(23-12-6-3-7-13-23)20-22-10-4-2-5-11-22/h2-14,19,24,26H,15-18,20H2,1H3,(H,29,33)(H,30,32). The number of rotatable bonds is 6. The van der Waals surface area contributed by atoms with Crippen LogP contribution in [-0.4, -0.2) is 29.9 Å². The number of benzene rings is 3. The van der Waals surface area contributed by atoms with Crippen LogP contribution in [0.2, 0.25) is 0 Å². The van der Waals surface area contributed by atoms with Crippen molar-refractivity contribution in [3.8, 4) is 0 Å². The number of likely N-dealkylation sites (tertiary alicyclic amines) is 1. The van der Waals surface area contributed by atoms with Gasteiger partial charge in [-0.25, -0.2) is 4.79 Å².